The van der Waals surface area contributed by atoms with Crippen LogP contribution >= 0.6 is 0 Å². The van der Waals surface area contributed by atoms with Gasteiger partial charge in [0.2, 0.25) is 0 Å². The highest BCUT2D eigenvalue weighted by atomic mass is 14.9. The summed E-state index contributed by atoms with van der Waals surface area (Å²) >= 11 is 0. The fourth-order valence-electron chi connectivity index (χ4n) is 5.46. The van der Waals surface area contributed by atoms with Gasteiger partial charge in [-0.15, -0.1) is 0 Å². The first-order chi connectivity index (χ1) is 21.2. The van der Waals surface area contributed by atoms with Crippen LogP contribution in [0.2, 0.25) is 0 Å². The molecule has 6 nitrogen and oxygen atoms in total. The monoisotopic (exact) mass is 556 g/mol. The van der Waals surface area contributed by atoms with Gasteiger partial charge in [0, 0.05) is 61.1 Å². The number of rotatable bonds is 6. The lowest BCUT2D eigenvalue weighted by molar-refractivity contribution is 1.02. The lowest BCUT2D eigenvalue weighted by Gasteiger charge is -2.15. The molecule has 0 saturated carbocycles. The molecule has 0 saturated heterocycles. The highest BCUT2D eigenvalue weighted by molar-refractivity contribution is 5.89. The summed E-state index contributed by atoms with van der Waals surface area (Å²) in [5, 5.41) is 0. The van der Waals surface area contributed by atoms with Gasteiger partial charge in [-0.2, -0.15) is 0 Å². The van der Waals surface area contributed by atoms with Crippen molar-refractivity contribution in [2.75, 3.05) is 6.54 Å². The molecular formula is C37H28N6. The van der Waals surface area contributed by atoms with E-state index in [1.165, 1.54) is 11.1 Å². The minimum atomic E-state index is 0.715. The normalized spacial score (nSPS) is 12.6. The standard InChI is InChI=1S/C37H28N6/c1-25-42-36(34-20-30(26-2-10-38-11-3-26)18-31(21-34)27-4-12-39-13-5-27)24-37(43-25)35-22-32(28-6-14-40-15-7-28)19-33(23-35)29-8-16-41-17-9-29/h2-8,10-16,18-24H,9,17H2,1H3. The predicted molar refractivity (Wildman–Crippen MR) is 173 cm³/mol. The highest BCUT2D eigenvalue weighted by Crippen LogP contribution is 2.35. The maximum Gasteiger partial charge on any atom is 0.126 e. The van der Waals surface area contributed by atoms with Crippen molar-refractivity contribution in [1.29, 1.82) is 0 Å². The molecule has 0 spiro atoms. The summed E-state index contributed by atoms with van der Waals surface area (Å²) in [5.41, 5.74) is 12.9. The Labute approximate surface area is 250 Å². The second-order valence-corrected chi connectivity index (χ2v) is 10.5. The maximum absolute atomic E-state index is 4.93. The predicted octanol–water partition coefficient (Wildman–Crippen LogP) is 8.16. The van der Waals surface area contributed by atoms with Crippen LogP contribution in [0.25, 0.3) is 61.5 Å². The van der Waals surface area contributed by atoms with Crippen molar-refractivity contribution in [2.24, 2.45) is 4.99 Å². The molecule has 0 radical (unpaired) electrons. The summed E-state index contributed by atoms with van der Waals surface area (Å²) in [4.78, 5) is 26.9. The van der Waals surface area contributed by atoms with Crippen LogP contribution in [0.4, 0.5) is 0 Å². The topological polar surface area (TPSA) is 76.8 Å². The molecular weight excluding hydrogens is 528 g/mol. The molecule has 0 unspecified atom stereocenters. The first kappa shape index (κ1) is 26.3. The van der Waals surface area contributed by atoms with Crippen molar-refractivity contribution in [3.8, 4) is 55.9 Å². The average molecular weight is 557 g/mol. The molecule has 6 heteroatoms. The number of hydrogen-bond acceptors (Lipinski definition) is 6. The van der Waals surface area contributed by atoms with Crippen molar-refractivity contribution in [2.45, 2.75) is 13.3 Å². The summed E-state index contributed by atoms with van der Waals surface area (Å²) in [7, 11) is 0. The number of pyridine rings is 3. The van der Waals surface area contributed by atoms with Crippen LogP contribution in [0.3, 0.4) is 0 Å². The third kappa shape index (κ3) is 5.76. The zero-order chi connectivity index (χ0) is 29.0. The summed E-state index contributed by atoms with van der Waals surface area (Å²) in [6, 6.07) is 27.6. The van der Waals surface area contributed by atoms with E-state index in [0.29, 0.717) is 5.82 Å². The number of nitrogens with zero attached hydrogens (tertiary/aromatic N) is 6. The second kappa shape index (κ2) is 11.7. The summed E-state index contributed by atoms with van der Waals surface area (Å²) in [5.74, 6) is 0.715. The van der Waals surface area contributed by atoms with Gasteiger partial charge in [0.05, 0.1) is 11.4 Å². The third-order valence-corrected chi connectivity index (χ3v) is 7.60. The molecule has 2 aromatic carbocycles. The second-order valence-electron chi connectivity index (χ2n) is 10.5. The molecule has 1 aliphatic rings. The van der Waals surface area contributed by atoms with Gasteiger partial charge in [-0.1, -0.05) is 0 Å². The van der Waals surface area contributed by atoms with E-state index >= 15 is 0 Å². The summed E-state index contributed by atoms with van der Waals surface area (Å²) in [6.07, 6.45) is 15.9. The van der Waals surface area contributed by atoms with Gasteiger partial charge in [-0.05, 0) is 143 Å². The highest BCUT2D eigenvalue weighted by Gasteiger charge is 2.14. The average Bonchev–Trinajstić information content (AvgIpc) is 3.09. The van der Waals surface area contributed by atoms with Crippen LogP contribution in [-0.2, 0) is 0 Å². The Morgan fingerprint density at radius 1 is 0.465 bits per heavy atom. The lowest BCUT2D eigenvalue weighted by atomic mass is 9.92. The fraction of sp³-hybridized carbons (Fsp3) is 0.0811. The molecule has 0 amide bonds. The Bertz CT molecular complexity index is 1910. The Hall–Kier alpha value is -5.62. The number of dihydropyridines is 1. The number of aliphatic imine (C=N–C) groups is 1. The minimum Gasteiger partial charge on any atom is -0.293 e. The zero-order valence-corrected chi connectivity index (χ0v) is 23.7. The molecule has 1 aliphatic heterocycles. The van der Waals surface area contributed by atoms with E-state index in [2.05, 4.69) is 68.5 Å². The first-order valence-corrected chi connectivity index (χ1v) is 14.3. The largest absolute Gasteiger partial charge is 0.293 e. The van der Waals surface area contributed by atoms with Gasteiger partial charge in [0.25, 0.3) is 0 Å². The van der Waals surface area contributed by atoms with Crippen LogP contribution < -0.4 is 0 Å². The molecule has 0 atom stereocenters. The number of aromatic nitrogens is 5. The van der Waals surface area contributed by atoms with Crippen molar-refractivity contribution in [1.82, 2.24) is 24.9 Å². The smallest absolute Gasteiger partial charge is 0.126 e. The van der Waals surface area contributed by atoms with E-state index in [1.807, 2.05) is 86.7 Å². The number of aryl methyl sites for hydroxylation is 1. The number of hydrogen-bond donors (Lipinski definition) is 0. The quantitative estimate of drug-likeness (QED) is 0.207. The Morgan fingerprint density at radius 3 is 1.33 bits per heavy atom. The molecule has 43 heavy (non-hydrogen) atoms. The summed E-state index contributed by atoms with van der Waals surface area (Å²) < 4.78 is 0. The molecule has 0 N–H and O–H groups in total. The SMILES string of the molecule is Cc1nc(-c2cc(C3=CC=NCC3)cc(-c3ccncc3)c2)cc(-c2cc(-c3ccncc3)cc(-c3ccncc3)c2)n1. The van der Waals surface area contributed by atoms with Gasteiger partial charge < -0.3 is 0 Å². The van der Waals surface area contributed by atoms with E-state index < -0.39 is 0 Å². The van der Waals surface area contributed by atoms with Crippen molar-refractivity contribution < 1.29 is 0 Å². The van der Waals surface area contributed by atoms with Crippen LogP contribution in [-0.4, -0.2) is 37.7 Å². The van der Waals surface area contributed by atoms with E-state index in [9.17, 15) is 0 Å². The van der Waals surface area contributed by atoms with Gasteiger partial charge in [-0.25, -0.2) is 9.97 Å². The van der Waals surface area contributed by atoms with Gasteiger partial charge in [0.1, 0.15) is 5.82 Å². The Balaban J connectivity index is 1.39. The molecule has 0 bridgehead atoms. The van der Waals surface area contributed by atoms with Gasteiger partial charge in [-0.3, -0.25) is 19.9 Å². The van der Waals surface area contributed by atoms with E-state index in [4.69, 9.17) is 9.97 Å². The minimum absolute atomic E-state index is 0.715. The first-order valence-electron chi connectivity index (χ1n) is 14.3. The van der Waals surface area contributed by atoms with Gasteiger partial charge in [0.15, 0.2) is 0 Å². The Kier molecular flexibility index (Phi) is 7.15. The van der Waals surface area contributed by atoms with E-state index in [1.54, 1.807) is 0 Å². The molecule has 4 aromatic heterocycles. The molecule has 6 aromatic rings. The van der Waals surface area contributed by atoms with Crippen LogP contribution in [0, 0.1) is 6.92 Å². The van der Waals surface area contributed by atoms with E-state index in [-0.39, 0.29) is 0 Å². The molecule has 206 valence electrons. The third-order valence-electron chi connectivity index (χ3n) is 7.60. The molecule has 5 heterocycles. The molecule has 7 rings (SSSR count). The summed E-state index contributed by atoms with van der Waals surface area (Å²) in [6.45, 7) is 2.75. The maximum atomic E-state index is 4.93. The van der Waals surface area contributed by atoms with Crippen molar-refractivity contribution in [3.05, 3.63) is 134 Å². The number of benzene rings is 2. The fourth-order valence-corrected chi connectivity index (χ4v) is 5.46. The Morgan fingerprint density at radius 2 is 0.884 bits per heavy atom. The zero-order valence-electron chi connectivity index (χ0n) is 23.7. The van der Waals surface area contributed by atoms with Crippen LogP contribution in [0.5, 0.6) is 0 Å². The van der Waals surface area contributed by atoms with Crippen molar-refractivity contribution >= 4 is 11.8 Å². The molecule has 0 fully saturated rings. The molecule has 0 aliphatic carbocycles. The lowest BCUT2D eigenvalue weighted by Crippen LogP contribution is -1.98. The van der Waals surface area contributed by atoms with Gasteiger partial charge >= 0.3 is 0 Å². The van der Waals surface area contributed by atoms with Crippen LogP contribution in [0.15, 0.2) is 127 Å². The van der Waals surface area contributed by atoms with E-state index in [0.717, 1.165) is 68.9 Å². The number of allylic oxidation sites excluding steroid dienone is 1. The van der Waals surface area contributed by atoms with Crippen LogP contribution in [0.1, 0.15) is 17.8 Å². The van der Waals surface area contributed by atoms with Crippen molar-refractivity contribution in [3.63, 3.8) is 0 Å².